The van der Waals surface area contributed by atoms with Crippen LogP contribution in [0.5, 0.6) is 5.75 Å². The maximum absolute atomic E-state index is 5.82. The van der Waals surface area contributed by atoms with Gasteiger partial charge in [0.2, 0.25) is 5.89 Å². The van der Waals surface area contributed by atoms with Crippen LogP contribution >= 0.6 is 15.9 Å². The fraction of sp³-hybridized carbons (Fsp3) is 0.385. The Bertz CT molecular complexity index is 555. The van der Waals surface area contributed by atoms with Crippen molar-refractivity contribution in [2.75, 3.05) is 0 Å². The van der Waals surface area contributed by atoms with Crippen LogP contribution in [-0.4, -0.2) is 16.2 Å². The highest BCUT2D eigenvalue weighted by Crippen LogP contribution is 2.24. The first-order chi connectivity index (χ1) is 9.04. The minimum atomic E-state index is 0.102. The van der Waals surface area contributed by atoms with Gasteiger partial charge in [-0.1, -0.05) is 15.9 Å². The van der Waals surface area contributed by atoms with Gasteiger partial charge in [-0.2, -0.15) is 0 Å². The van der Waals surface area contributed by atoms with Crippen molar-refractivity contribution in [2.45, 2.75) is 32.9 Å². The predicted octanol–water partition coefficient (Wildman–Crippen LogP) is 2.61. The number of hydrogen-bond acceptors (Lipinski definition) is 5. The molecule has 0 aliphatic heterocycles. The molecule has 0 saturated heterocycles. The summed E-state index contributed by atoms with van der Waals surface area (Å²) in [6.45, 7) is 3.98. The van der Waals surface area contributed by atoms with E-state index in [1.807, 2.05) is 25.1 Å². The van der Waals surface area contributed by atoms with Gasteiger partial charge in [-0.15, -0.1) is 10.2 Å². The molecule has 0 radical (unpaired) electrons. The van der Waals surface area contributed by atoms with E-state index in [-0.39, 0.29) is 12.6 Å². The van der Waals surface area contributed by atoms with Crippen LogP contribution in [0.15, 0.2) is 27.1 Å². The second-order valence-electron chi connectivity index (χ2n) is 4.44. The molecule has 1 atom stereocenters. The summed E-state index contributed by atoms with van der Waals surface area (Å²) in [4.78, 5) is 0. The molecule has 2 rings (SSSR count). The van der Waals surface area contributed by atoms with Crippen LogP contribution in [0.4, 0.5) is 0 Å². The van der Waals surface area contributed by atoms with Gasteiger partial charge in [0.15, 0.2) is 6.61 Å². The van der Waals surface area contributed by atoms with Crippen LogP contribution in [0.3, 0.4) is 0 Å². The Balaban J connectivity index is 2.04. The topological polar surface area (TPSA) is 74.2 Å². The molecule has 0 aliphatic carbocycles. The number of rotatable bonds is 5. The zero-order chi connectivity index (χ0) is 13.8. The Labute approximate surface area is 120 Å². The molecule has 19 heavy (non-hydrogen) atoms. The van der Waals surface area contributed by atoms with E-state index >= 15 is 0 Å². The van der Waals surface area contributed by atoms with Gasteiger partial charge in [0, 0.05) is 17.4 Å². The number of ether oxygens (including phenoxy) is 1. The minimum Gasteiger partial charge on any atom is -0.484 e. The first-order valence-electron chi connectivity index (χ1n) is 6.00. The molecule has 1 aromatic heterocycles. The van der Waals surface area contributed by atoms with E-state index in [1.54, 1.807) is 6.92 Å². The molecule has 1 heterocycles. The van der Waals surface area contributed by atoms with Crippen LogP contribution in [0.2, 0.25) is 0 Å². The summed E-state index contributed by atoms with van der Waals surface area (Å²) in [5.74, 6) is 1.76. The van der Waals surface area contributed by atoms with Crippen LogP contribution in [-0.2, 0) is 13.0 Å². The van der Waals surface area contributed by atoms with Crippen molar-refractivity contribution in [1.29, 1.82) is 0 Å². The van der Waals surface area contributed by atoms with Crippen LogP contribution in [0, 0.1) is 6.92 Å². The Kier molecular flexibility index (Phi) is 4.55. The molecular weight excluding hydrogens is 310 g/mol. The van der Waals surface area contributed by atoms with Crippen molar-refractivity contribution >= 4 is 15.9 Å². The molecule has 0 amide bonds. The second-order valence-corrected chi connectivity index (χ2v) is 5.29. The molecule has 0 spiro atoms. The molecule has 0 bridgehead atoms. The minimum absolute atomic E-state index is 0.102. The van der Waals surface area contributed by atoms with E-state index in [1.165, 1.54) is 0 Å². The molecule has 0 saturated carbocycles. The average molecular weight is 326 g/mol. The van der Waals surface area contributed by atoms with E-state index in [4.69, 9.17) is 14.9 Å². The van der Waals surface area contributed by atoms with Gasteiger partial charge in [0.05, 0.1) is 0 Å². The Morgan fingerprint density at radius 3 is 2.84 bits per heavy atom. The van der Waals surface area contributed by atoms with Gasteiger partial charge in [-0.3, -0.25) is 0 Å². The first-order valence-corrected chi connectivity index (χ1v) is 6.79. The molecule has 1 unspecified atom stereocenters. The summed E-state index contributed by atoms with van der Waals surface area (Å²) >= 11 is 3.51. The van der Waals surface area contributed by atoms with Crippen molar-refractivity contribution in [1.82, 2.24) is 10.2 Å². The highest BCUT2D eigenvalue weighted by molar-refractivity contribution is 9.10. The Morgan fingerprint density at radius 1 is 1.42 bits per heavy atom. The van der Waals surface area contributed by atoms with Crippen molar-refractivity contribution in [3.8, 4) is 5.75 Å². The lowest BCUT2D eigenvalue weighted by Gasteiger charge is -2.10. The highest BCUT2D eigenvalue weighted by Gasteiger charge is 2.07. The van der Waals surface area contributed by atoms with Crippen molar-refractivity contribution < 1.29 is 9.15 Å². The summed E-state index contributed by atoms with van der Waals surface area (Å²) in [6.07, 6.45) is 0.789. The summed E-state index contributed by atoms with van der Waals surface area (Å²) in [7, 11) is 0. The van der Waals surface area contributed by atoms with E-state index < -0.39 is 0 Å². The highest BCUT2D eigenvalue weighted by atomic mass is 79.9. The van der Waals surface area contributed by atoms with Gasteiger partial charge in [0.1, 0.15) is 5.75 Å². The van der Waals surface area contributed by atoms with E-state index in [0.29, 0.717) is 11.8 Å². The molecular formula is C13H16BrN3O2. The average Bonchev–Trinajstić information content (AvgIpc) is 2.75. The standard InChI is InChI=1S/C13H16BrN3O2/c1-8(15)5-10-6-11(3-4-12(10)14)18-7-13-17-16-9(2)19-13/h3-4,6,8H,5,7,15H2,1-2H3. The first kappa shape index (κ1) is 14.0. The van der Waals surface area contributed by atoms with Crippen LogP contribution in [0.1, 0.15) is 24.3 Å². The summed E-state index contributed by atoms with van der Waals surface area (Å²) in [5, 5.41) is 7.63. The number of aryl methyl sites for hydroxylation is 1. The number of nitrogens with zero attached hydrogens (tertiary/aromatic N) is 2. The van der Waals surface area contributed by atoms with Crippen LogP contribution < -0.4 is 10.5 Å². The van der Waals surface area contributed by atoms with Gasteiger partial charge < -0.3 is 14.9 Å². The smallest absolute Gasteiger partial charge is 0.253 e. The molecule has 6 heteroatoms. The fourth-order valence-corrected chi connectivity index (χ4v) is 2.09. The van der Waals surface area contributed by atoms with Gasteiger partial charge in [-0.05, 0) is 37.1 Å². The summed E-state index contributed by atoms with van der Waals surface area (Å²) < 4.78 is 11.9. The molecule has 2 N–H and O–H groups in total. The maximum atomic E-state index is 5.82. The molecule has 2 aromatic rings. The number of halogens is 1. The number of nitrogens with two attached hydrogens (primary N) is 1. The number of hydrogen-bond donors (Lipinski definition) is 1. The van der Waals surface area contributed by atoms with E-state index in [9.17, 15) is 0 Å². The Morgan fingerprint density at radius 2 is 2.21 bits per heavy atom. The van der Waals surface area contributed by atoms with Gasteiger partial charge >= 0.3 is 0 Å². The second kappa shape index (κ2) is 6.16. The third kappa shape index (κ3) is 4.04. The molecule has 5 nitrogen and oxygen atoms in total. The summed E-state index contributed by atoms with van der Waals surface area (Å²) in [6, 6.07) is 5.91. The lowest BCUT2D eigenvalue weighted by atomic mass is 10.1. The van der Waals surface area contributed by atoms with Gasteiger partial charge in [-0.25, -0.2) is 0 Å². The molecule has 1 aromatic carbocycles. The maximum Gasteiger partial charge on any atom is 0.253 e. The van der Waals surface area contributed by atoms with Crippen molar-refractivity contribution in [2.24, 2.45) is 5.73 Å². The zero-order valence-electron chi connectivity index (χ0n) is 10.9. The van der Waals surface area contributed by atoms with E-state index in [0.717, 1.165) is 22.2 Å². The Hall–Kier alpha value is -1.40. The third-order valence-electron chi connectivity index (χ3n) is 2.49. The quantitative estimate of drug-likeness (QED) is 0.914. The van der Waals surface area contributed by atoms with Gasteiger partial charge in [0.25, 0.3) is 5.89 Å². The monoisotopic (exact) mass is 325 g/mol. The lowest BCUT2D eigenvalue weighted by Crippen LogP contribution is -2.18. The molecule has 102 valence electrons. The zero-order valence-corrected chi connectivity index (χ0v) is 12.5. The SMILES string of the molecule is Cc1nnc(COc2ccc(Br)c(CC(C)N)c2)o1. The summed E-state index contributed by atoms with van der Waals surface area (Å²) in [5.41, 5.74) is 6.94. The normalized spacial score (nSPS) is 12.4. The molecule has 0 aliphatic rings. The third-order valence-corrected chi connectivity index (χ3v) is 3.26. The largest absolute Gasteiger partial charge is 0.484 e. The fourth-order valence-electron chi connectivity index (χ4n) is 1.69. The van der Waals surface area contributed by atoms with Crippen molar-refractivity contribution in [3.63, 3.8) is 0 Å². The van der Waals surface area contributed by atoms with Crippen molar-refractivity contribution in [3.05, 3.63) is 40.0 Å². The lowest BCUT2D eigenvalue weighted by molar-refractivity contribution is 0.260. The number of benzene rings is 1. The van der Waals surface area contributed by atoms with Crippen LogP contribution in [0.25, 0.3) is 0 Å². The predicted molar refractivity (Wildman–Crippen MR) is 74.9 cm³/mol. The molecule has 0 fully saturated rings. The van der Waals surface area contributed by atoms with E-state index in [2.05, 4.69) is 26.1 Å². The number of aromatic nitrogens is 2.